The zero-order chi connectivity index (χ0) is 15.6. The van der Waals surface area contributed by atoms with Gasteiger partial charge in [0, 0.05) is 12.5 Å². The standard InChI is InChI=1S/C13H14FN3O3S/c1-8(16-13(18)11-5-6-15-17-11)9-3-4-12(10(14)7-9)21(2,19)20/h3-8H,1-2H3,(H,15,17)(H,16,18)/t8-/m0/s1. The molecule has 2 aromatic rings. The van der Waals surface area contributed by atoms with E-state index < -0.39 is 21.7 Å². The Labute approximate surface area is 121 Å². The Balaban J connectivity index is 2.19. The molecule has 8 heteroatoms. The number of nitrogens with zero attached hydrogens (tertiary/aromatic N) is 1. The van der Waals surface area contributed by atoms with Crippen molar-refractivity contribution in [2.75, 3.05) is 6.26 Å². The van der Waals surface area contributed by atoms with Gasteiger partial charge in [0.2, 0.25) is 0 Å². The van der Waals surface area contributed by atoms with Crippen LogP contribution < -0.4 is 5.32 Å². The zero-order valence-corrected chi connectivity index (χ0v) is 12.2. The molecule has 0 aliphatic rings. The highest BCUT2D eigenvalue weighted by atomic mass is 32.2. The van der Waals surface area contributed by atoms with Crippen LogP contribution in [-0.2, 0) is 9.84 Å². The van der Waals surface area contributed by atoms with Crippen molar-refractivity contribution in [2.24, 2.45) is 0 Å². The number of benzene rings is 1. The van der Waals surface area contributed by atoms with Crippen LogP contribution in [-0.4, -0.2) is 30.8 Å². The molecule has 112 valence electrons. The van der Waals surface area contributed by atoms with Gasteiger partial charge in [-0.25, -0.2) is 12.8 Å². The fourth-order valence-corrected chi connectivity index (χ4v) is 2.56. The van der Waals surface area contributed by atoms with Gasteiger partial charge in [0.25, 0.3) is 5.91 Å². The Hall–Kier alpha value is -2.22. The average Bonchev–Trinajstić information content (AvgIpc) is 2.90. The van der Waals surface area contributed by atoms with E-state index in [4.69, 9.17) is 0 Å². The Morgan fingerprint density at radius 2 is 2.10 bits per heavy atom. The van der Waals surface area contributed by atoms with Gasteiger partial charge < -0.3 is 5.32 Å². The Bertz CT molecular complexity index is 757. The predicted molar refractivity (Wildman–Crippen MR) is 74.0 cm³/mol. The zero-order valence-electron chi connectivity index (χ0n) is 11.4. The van der Waals surface area contributed by atoms with E-state index in [1.807, 2.05) is 0 Å². The summed E-state index contributed by atoms with van der Waals surface area (Å²) in [7, 11) is -3.61. The summed E-state index contributed by atoms with van der Waals surface area (Å²) in [5.41, 5.74) is 0.753. The molecule has 1 atom stereocenters. The van der Waals surface area contributed by atoms with Crippen LogP contribution in [0.1, 0.15) is 29.0 Å². The molecule has 21 heavy (non-hydrogen) atoms. The van der Waals surface area contributed by atoms with Crippen molar-refractivity contribution >= 4 is 15.7 Å². The highest BCUT2D eigenvalue weighted by Crippen LogP contribution is 2.20. The van der Waals surface area contributed by atoms with Crippen LogP contribution in [0.3, 0.4) is 0 Å². The normalized spacial score (nSPS) is 12.9. The summed E-state index contributed by atoms with van der Waals surface area (Å²) in [6.45, 7) is 1.67. The SMILES string of the molecule is C[C@H](NC(=O)c1ccn[nH]1)c1ccc(S(C)(=O)=O)c(F)c1. The molecule has 0 saturated heterocycles. The number of aromatic nitrogens is 2. The Morgan fingerprint density at radius 1 is 1.38 bits per heavy atom. The van der Waals surface area contributed by atoms with E-state index in [1.165, 1.54) is 24.4 Å². The molecule has 0 aliphatic heterocycles. The summed E-state index contributed by atoms with van der Waals surface area (Å²) in [5.74, 6) is -1.22. The van der Waals surface area contributed by atoms with Gasteiger partial charge in [-0.15, -0.1) is 0 Å². The summed E-state index contributed by atoms with van der Waals surface area (Å²) in [6.07, 6.45) is 2.38. The molecule has 1 heterocycles. The van der Waals surface area contributed by atoms with E-state index in [0.717, 1.165) is 12.3 Å². The van der Waals surface area contributed by atoms with Gasteiger partial charge in [0.15, 0.2) is 9.84 Å². The van der Waals surface area contributed by atoms with E-state index in [-0.39, 0.29) is 16.5 Å². The second-order valence-corrected chi connectivity index (χ2v) is 6.61. The fraction of sp³-hybridized carbons (Fsp3) is 0.231. The van der Waals surface area contributed by atoms with Gasteiger partial charge in [-0.3, -0.25) is 9.89 Å². The quantitative estimate of drug-likeness (QED) is 0.894. The van der Waals surface area contributed by atoms with Crippen molar-refractivity contribution in [3.8, 4) is 0 Å². The molecule has 0 aliphatic carbocycles. The molecular formula is C13H14FN3O3S. The summed E-state index contributed by atoms with van der Waals surface area (Å²) in [5, 5.41) is 8.84. The molecule has 0 fully saturated rings. The first-order valence-electron chi connectivity index (χ1n) is 6.09. The number of hydrogen-bond acceptors (Lipinski definition) is 4. The third-order valence-electron chi connectivity index (χ3n) is 2.95. The first kappa shape index (κ1) is 15.2. The molecule has 0 saturated carbocycles. The number of carbonyl (C=O) groups excluding carboxylic acids is 1. The first-order chi connectivity index (χ1) is 9.79. The number of rotatable bonds is 4. The molecule has 1 aromatic carbocycles. The minimum Gasteiger partial charge on any atom is -0.344 e. The summed E-state index contributed by atoms with van der Waals surface area (Å²) in [4.78, 5) is 11.5. The third-order valence-corrected chi connectivity index (χ3v) is 4.08. The van der Waals surface area contributed by atoms with Crippen LogP contribution >= 0.6 is 0 Å². The monoisotopic (exact) mass is 311 g/mol. The van der Waals surface area contributed by atoms with E-state index >= 15 is 0 Å². The maximum Gasteiger partial charge on any atom is 0.269 e. The number of nitrogens with one attached hydrogen (secondary N) is 2. The highest BCUT2D eigenvalue weighted by Gasteiger charge is 2.17. The van der Waals surface area contributed by atoms with Crippen molar-refractivity contribution in [2.45, 2.75) is 17.9 Å². The molecule has 0 unspecified atom stereocenters. The van der Waals surface area contributed by atoms with Crippen molar-refractivity contribution in [3.05, 3.63) is 47.5 Å². The number of amides is 1. The first-order valence-corrected chi connectivity index (χ1v) is 7.98. The molecule has 1 amide bonds. The molecule has 1 aromatic heterocycles. The van der Waals surface area contributed by atoms with Gasteiger partial charge in [0.1, 0.15) is 16.4 Å². The second kappa shape index (κ2) is 5.65. The number of halogens is 1. The molecule has 0 bridgehead atoms. The maximum absolute atomic E-state index is 13.8. The lowest BCUT2D eigenvalue weighted by Gasteiger charge is -2.14. The number of aromatic amines is 1. The van der Waals surface area contributed by atoms with Crippen molar-refractivity contribution in [1.29, 1.82) is 0 Å². The Morgan fingerprint density at radius 3 is 2.62 bits per heavy atom. The van der Waals surface area contributed by atoms with Crippen LogP contribution in [0.25, 0.3) is 0 Å². The summed E-state index contributed by atoms with van der Waals surface area (Å²) < 4.78 is 36.5. The minimum absolute atomic E-state index is 0.287. The van der Waals surface area contributed by atoms with Crippen LogP contribution in [0.4, 0.5) is 4.39 Å². The predicted octanol–water partition coefficient (Wildman–Crippen LogP) is 1.44. The van der Waals surface area contributed by atoms with E-state index in [9.17, 15) is 17.6 Å². The molecule has 2 N–H and O–H groups in total. The topological polar surface area (TPSA) is 91.9 Å². The largest absolute Gasteiger partial charge is 0.344 e. The van der Waals surface area contributed by atoms with Crippen LogP contribution in [0, 0.1) is 5.82 Å². The van der Waals surface area contributed by atoms with Gasteiger partial charge >= 0.3 is 0 Å². The minimum atomic E-state index is -3.61. The van der Waals surface area contributed by atoms with Gasteiger partial charge in [-0.05, 0) is 30.7 Å². The van der Waals surface area contributed by atoms with E-state index in [0.29, 0.717) is 5.56 Å². The third kappa shape index (κ3) is 3.46. The number of sulfone groups is 1. The average molecular weight is 311 g/mol. The van der Waals surface area contributed by atoms with Crippen LogP contribution in [0.15, 0.2) is 35.4 Å². The van der Waals surface area contributed by atoms with Gasteiger partial charge in [0.05, 0.1) is 6.04 Å². The molecular weight excluding hydrogens is 297 g/mol. The van der Waals surface area contributed by atoms with Crippen molar-refractivity contribution in [1.82, 2.24) is 15.5 Å². The Kier molecular flexibility index (Phi) is 4.08. The highest BCUT2D eigenvalue weighted by molar-refractivity contribution is 7.90. The lowest BCUT2D eigenvalue weighted by Crippen LogP contribution is -2.27. The molecule has 0 radical (unpaired) electrons. The van der Waals surface area contributed by atoms with Gasteiger partial charge in [-0.2, -0.15) is 5.10 Å². The lowest BCUT2D eigenvalue weighted by molar-refractivity contribution is 0.0934. The number of hydrogen-bond donors (Lipinski definition) is 2. The fourth-order valence-electron chi connectivity index (χ4n) is 1.83. The molecule has 6 nitrogen and oxygen atoms in total. The van der Waals surface area contributed by atoms with Crippen LogP contribution in [0.2, 0.25) is 0 Å². The van der Waals surface area contributed by atoms with Crippen molar-refractivity contribution in [3.63, 3.8) is 0 Å². The number of carbonyl (C=O) groups is 1. The lowest BCUT2D eigenvalue weighted by atomic mass is 10.1. The van der Waals surface area contributed by atoms with Gasteiger partial charge in [-0.1, -0.05) is 6.07 Å². The second-order valence-electron chi connectivity index (χ2n) is 4.63. The smallest absolute Gasteiger partial charge is 0.269 e. The maximum atomic E-state index is 13.8. The summed E-state index contributed by atoms with van der Waals surface area (Å²) >= 11 is 0. The van der Waals surface area contributed by atoms with Crippen molar-refractivity contribution < 1.29 is 17.6 Å². The van der Waals surface area contributed by atoms with Crippen LogP contribution in [0.5, 0.6) is 0 Å². The summed E-state index contributed by atoms with van der Waals surface area (Å²) in [6, 6.07) is 4.80. The van der Waals surface area contributed by atoms with E-state index in [1.54, 1.807) is 6.92 Å². The van der Waals surface area contributed by atoms with E-state index in [2.05, 4.69) is 15.5 Å². The molecule has 2 rings (SSSR count). The molecule has 0 spiro atoms. The number of H-pyrrole nitrogens is 1.